The number of furan rings is 1. The lowest BCUT2D eigenvalue weighted by atomic mass is 10.0. The Bertz CT molecular complexity index is 2490. The summed E-state index contributed by atoms with van der Waals surface area (Å²) in [6, 6.07) is 58.5. The van der Waals surface area contributed by atoms with Gasteiger partial charge in [0, 0.05) is 27.5 Å². The number of hydrogen-bond donors (Lipinski definition) is 0. The Hall–Kier alpha value is -5.86. The third-order valence-corrected chi connectivity index (χ3v) is 8.83. The molecule has 8 aromatic carbocycles. The maximum atomic E-state index is 6.82. The lowest BCUT2D eigenvalue weighted by molar-refractivity contribution is 0.673. The van der Waals surface area contributed by atoms with Crippen molar-refractivity contribution in [2.45, 2.75) is 0 Å². The molecule has 0 atom stereocenters. The normalized spacial score (nSPS) is 11.6. The molecular formula is C42H27NO. The van der Waals surface area contributed by atoms with Gasteiger partial charge in [-0.3, -0.25) is 0 Å². The van der Waals surface area contributed by atoms with Gasteiger partial charge in [0.1, 0.15) is 5.58 Å². The van der Waals surface area contributed by atoms with Gasteiger partial charge in [-0.1, -0.05) is 127 Å². The monoisotopic (exact) mass is 561 g/mol. The Kier molecular flexibility index (Phi) is 5.54. The van der Waals surface area contributed by atoms with E-state index in [2.05, 4.69) is 169 Å². The summed E-state index contributed by atoms with van der Waals surface area (Å²) in [4.78, 5) is 2.33. The first-order valence-corrected chi connectivity index (χ1v) is 15.0. The topological polar surface area (TPSA) is 16.4 Å². The van der Waals surface area contributed by atoms with Crippen LogP contribution in [0.3, 0.4) is 0 Å². The molecule has 0 bridgehead atoms. The van der Waals surface area contributed by atoms with Gasteiger partial charge in [-0.05, 0) is 74.5 Å². The molecule has 1 aromatic heterocycles. The van der Waals surface area contributed by atoms with E-state index >= 15 is 0 Å². The molecule has 0 amide bonds. The van der Waals surface area contributed by atoms with Crippen LogP contribution in [-0.2, 0) is 0 Å². The quantitative estimate of drug-likeness (QED) is 0.199. The Labute approximate surface area is 255 Å². The number of nitrogens with zero attached hydrogens (tertiary/aromatic N) is 1. The highest BCUT2D eigenvalue weighted by molar-refractivity contribution is 6.17. The Morgan fingerprint density at radius 3 is 1.75 bits per heavy atom. The van der Waals surface area contributed by atoms with Crippen LogP contribution >= 0.6 is 0 Å². The summed E-state index contributed by atoms with van der Waals surface area (Å²) < 4.78 is 6.82. The third-order valence-electron chi connectivity index (χ3n) is 8.83. The first-order valence-electron chi connectivity index (χ1n) is 15.0. The molecule has 2 nitrogen and oxygen atoms in total. The number of rotatable bonds is 4. The molecule has 0 aliphatic carbocycles. The molecule has 0 saturated carbocycles. The van der Waals surface area contributed by atoms with Gasteiger partial charge in [0.25, 0.3) is 0 Å². The van der Waals surface area contributed by atoms with E-state index < -0.39 is 0 Å². The number of anilines is 3. The Morgan fingerprint density at radius 2 is 0.909 bits per heavy atom. The zero-order valence-corrected chi connectivity index (χ0v) is 23.9. The van der Waals surface area contributed by atoms with Crippen LogP contribution in [0.15, 0.2) is 168 Å². The van der Waals surface area contributed by atoms with Crippen molar-refractivity contribution in [2.24, 2.45) is 0 Å². The van der Waals surface area contributed by atoms with E-state index in [1.54, 1.807) is 0 Å². The lowest BCUT2D eigenvalue weighted by Crippen LogP contribution is -2.10. The van der Waals surface area contributed by atoms with E-state index in [0.717, 1.165) is 44.4 Å². The largest absolute Gasteiger partial charge is 0.453 e. The Balaban J connectivity index is 1.29. The van der Waals surface area contributed by atoms with Gasteiger partial charge in [-0.25, -0.2) is 0 Å². The van der Waals surface area contributed by atoms with Gasteiger partial charge in [0.2, 0.25) is 0 Å². The highest BCUT2D eigenvalue weighted by atomic mass is 16.3. The highest BCUT2D eigenvalue weighted by Crippen LogP contribution is 2.44. The Morgan fingerprint density at radius 1 is 0.341 bits per heavy atom. The van der Waals surface area contributed by atoms with Crippen LogP contribution < -0.4 is 4.90 Å². The molecular weight excluding hydrogens is 534 g/mol. The van der Waals surface area contributed by atoms with Gasteiger partial charge in [-0.2, -0.15) is 0 Å². The molecule has 0 aliphatic rings. The van der Waals surface area contributed by atoms with E-state index in [1.165, 1.54) is 38.1 Å². The summed E-state index contributed by atoms with van der Waals surface area (Å²) in [5.74, 6) is 0. The average molecular weight is 562 g/mol. The molecule has 0 radical (unpaired) electrons. The minimum Gasteiger partial charge on any atom is -0.453 e. The molecule has 0 unspecified atom stereocenters. The van der Waals surface area contributed by atoms with E-state index in [4.69, 9.17) is 4.42 Å². The van der Waals surface area contributed by atoms with E-state index in [0.29, 0.717) is 0 Å². The van der Waals surface area contributed by atoms with Crippen molar-refractivity contribution in [1.82, 2.24) is 0 Å². The van der Waals surface area contributed by atoms with Crippen LogP contribution in [0.4, 0.5) is 17.1 Å². The number of fused-ring (bicyclic) bond motifs is 8. The maximum Gasteiger partial charge on any atom is 0.159 e. The van der Waals surface area contributed by atoms with Gasteiger partial charge in [0.15, 0.2) is 5.58 Å². The molecule has 2 heteroatoms. The molecule has 0 N–H and O–H groups in total. The maximum absolute atomic E-state index is 6.82. The van der Waals surface area contributed by atoms with E-state index in [9.17, 15) is 0 Å². The molecule has 0 aliphatic heterocycles. The predicted octanol–water partition coefficient (Wildman–Crippen LogP) is 12.2. The molecule has 1 heterocycles. The van der Waals surface area contributed by atoms with Crippen molar-refractivity contribution in [3.8, 4) is 11.1 Å². The average Bonchev–Trinajstić information content (AvgIpc) is 3.49. The van der Waals surface area contributed by atoms with E-state index in [1.807, 2.05) is 0 Å². The number of benzene rings is 8. The third kappa shape index (κ3) is 3.89. The van der Waals surface area contributed by atoms with Crippen molar-refractivity contribution < 1.29 is 4.42 Å². The van der Waals surface area contributed by atoms with Crippen LogP contribution in [0.1, 0.15) is 0 Å². The second kappa shape index (κ2) is 9.86. The summed E-state index contributed by atoms with van der Waals surface area (Å²) >= 11 is 0. The summed E-state index contributed by atoms with van der Waals surface area (Å²) in [7, 11) is 0. The molecule has 9 aromatic rings. The van der Waals surface area contributed by atoms with Crippen LogP contribution in [0.25, 0.3) is 65.4 Å². The minimum absolute atomic E-state index is 0.879. The summed E-state index contributed by atoms with van der Waals surface area (Å²) in [6.07, 6.45) is 0. The van der Waals surface area contributed by atoms with Crippen molar-refractivity contribution in [2.75, 3.05) is 4.90 Å². The SMILES string of the molecule is c1ccc(-c2ccc(N(c3ccc4c(ccc5ccccc54)c3)c3cccc4c3oc3c5ccccc5ccc43)cc2)cc1. The van der Waals surface area contributed by atoms with E-state index in [-0.39, 0.29) is 0 Å². The van der Waals surface area contributed by atoms with Crippen molar-refractivity contribution in [3.63, 3.8) is 0 Å². The minimum atomic E-state index is 0.879. The zero-order valence-electron chi connectivity index (χ0n) is 23.9. The molecule has 0 fully saturated rings. The molecule has 0 spiro atoms. The number of para-hydroxylation sites is 1. The van der Waals surface area contributed by atoms with Crippen LogP contribution in [-0.4, -0.2) is 0 Å². The van der Waals surface area contributed by atoms with Gasteiger partial charge < -0.3 is 9.32 Å². The smallest absolute Gasteiger partial charge is 0.159 e. The van der Waals surface area contributed by atoms with Crippen LogP contribution in [0, 0.1) is 0 Å². The van der Waals surface area contributed by atoms with Gasteiger partial charge in [-0.15, -0.1) is 0 Å². The molecule has 206 valence electrons. The first kappa shape index (κ1) is 24.7. The number of hydrogen-bond acceptors (Lipinski definition) is 2. The second-order valence-electron chi connectivity index (χ2n) is 11.4. The van der Waals surface area contributed by atoms with Gasteiger partial charge in [0.05, 0.1) is 5.69 Å². The van der Waals surface area contributed by atoms with Crippen molar-refractivity contribution in [3.05, 3.63) is 164 Å². The second-order valence-corrected chi connectivity index (χ2v) is 11.4. The first-order chi connectivity index (χ1) is 21.8. The summed E-state index contributed by atoms with van der Waals surface area (Å²) in [6.45, 7) is 0. The van der Waals surface area contributed by atoms with Crippen LogP contribution in [0.5, 0.6) is 0 Å². The summed E-state index contributed by atoms with van der Waals surface area (Å²) in [5.41, 5.74) is 7.36. The molecule has 0 saturated heterocycles. The highest BCUT2D eigenvalue weighted by Gasteiger charge is 2.20. The fraction of sp³-hybridized carbons (Fsp3) is 0. The molecule has 44 heavy (non-hydrogen) atoms. The lowest BCUT2D eigenvalue weighted by Gasteiger charge is -2.26. The zero-order chi connectivity index (χ0) is 29.0. The fourth-order valence-corrected chi connectivity index (χ4v) is 6.69. The molecule has 9 rings (SSSR count). The van der Waals surface area contributed by atoms with Crippen molar-refractivity contribution in [1.29, 1.82) is 0 Å². The predicted molar refractivity (Wildman–Crippen MR) is 186 cm³/mol. The van der Waals surface area contributed by atoms with Gasteiger partial charge >= 0.3 is 0 Å². The standard InChI is InChI=1S/C42H27NO/c1-2-9-28(10-3-1)29-19-22-33(23-20-29)43(34-24-26-36-32(27-34)18-17-30-11-4-6-13-35(30)36)40-16-8-15-38-39-25-21-31-12-5-7-14-37(31)41(39)44-42(38)40/h1-27H. The summed E-state index contributed by atoms with van der Waals surface area (Å²) in [5, 5.41) is 9.52. The van der Waals surface area contributed by atoms with Crippen LogP contribution in [0.2, 0.25) is 0 Å². The van der Waals surface area contributed by atoms with Crippen molar-refractivity contribution >= 4 is 71.3 Å². The fourth-order valence-electron chi connectivity index (χ4n) is 6.69.